The van der Waals surface area contributed by atoms with Crippen LogP contribution in [0.3, 0.4) is 0 Å². The van der Waals surface area contributed by atoms with E-state index in [2.05, 4.69) is 15.3 Å². The number of H-pyrrole nitrogens is 1. The highest BCUT2D eigenvalue weighted by Crippen LogP contribution is 2.30. The van der Waals surface area contributed by atoms with Crippen LogP contribution >= 0.6 is 0 Å². The van der Waals surface area contributed by atoms with E-state index >= 15 is 0 Å². The summed E-state index contributed by atoms with van der Waals surface area (Å²) in [6, 6.07) is 5.17. The number of rotatable bonds is 6. The molecule has 1 aliphatic heterocycles. The Hall–Kier alpha value is -2.72. The maximum atomic E-state index is 13.4. The molecule has 1 atom stereocenters. The first kappa shape index (κ1) is 22.0. The summed E-state index contributed by atoms with van der Waals surface area (Å²) in [5.74, 6) is -1.05. The number of anilines is 1. The lowest BCUT2D eigenvalue weighted by atomic mass is 9.99. The molecule has 1 saturated heterocycles. The summed E-state index contributed by atoms with van der Waals surface area (Å²) in [5, 5.41) is 2.73. The summed E-state index contributed by atoms with van der Waals surface area (Å²) in [6.45, 7) is 5.36. The minimum atomic E-state index is -4.00. The number of hydrogen-bond donors (Lipinski definition) is 2. The van der Waals surface area contributed by atoms with Gasteiger partial charge in [-0.25, -0.2) is 18.2 Å². The molecule has 1 fully saturated rings. The maximum absolute atomic E-state index is 13.4. The first-order valence-electron chi connectivity index (χ1n) is 9.84. The van der Waals surface area contributed by atoms with E-state index in [-0.39, 0.29) is 36.1 Å². The number of carbonyl (C=O) groups excluding carboxylic acids is 2. The number of nitrogens with zero attached hydrogens (tertiary/aromatic N) is 2. The molecule has 1 amide bonds. The fraction of sp³-hybridized carbons (Fsp3) is 0.450. The van der Waals surface area contributed by atoms with Crippen LogP contribution in [0.15, 0.2) is 29.3 Å². The van der Waals surface area contributed by atoms with Crippen LogP contribution in [0.1, 0.15) is 41.5 Å². The number of aromatic amines is 1. The van der Waals surface area contributed by atoms with Crippen LogP contribution in [-0.4, -0.2) is 54.3 Å². The number of esters is 1. The summed E-state index contributed by atoms with van der Waals surface area (Å²) in [6.07, 6.45) is 2.68. The molecule has 162 valence electrons. The molecular weight excluding hydrogens is 408 g/mol. The smallest absolute Gasteiger partial charge is 0.341 e. The number of pyridine rings is 1. The van der Waals surface area contributed by atoms with Crippen molar-refractivity contribution in [1.82, 2.24) is 14.3 Å². The Morgan fingerprint density at radius 2 is 2.07 bits per heavy atom. The molecule has 0 aliphatic carbocycles. The highest BCUT2D eigenvalue weighted by Gasteiger charge is 2.38. The van der Waals surface area contributed by atoms with E-state index in [1.165, 1.54) is 4.31 Å². The molecule has 0 aromatic carbocycles. The standard InChI is InChI=1S/C20H26N4O5S/c1-4-29-20(26)17-13(2)22-14(3)18(17)30(27,28)24-11-7-8-15(12-24)19(25)23-16-9-5-6-10-21-16/h5-6,9-10,15,22H,4,7-8,11-12H2,1-3H3,(H,21,23,25). The van der Waals surface area contributed by atoms with Crippen LogP contribution in [0.25, 0.3) is 0 Å². The van der Waals surface area contributed by atoms with Crippen LogP contribution in [0.4, 0.5) is 5.82 Å². The minimum absolute atomic E-state index is 0.0226. The third-order valence-corrected chi connectivity index (χ3v) is 7.10. The Balaban J connectivity index is 1.85. The Kier molecular flexibility index (Phi) is 6.57. The van der Waals surface area contributed by atoms with E-state index in [0.717, 1.165) is 0 Å². The zero-order valence-corrected chi connectivity index (χ0v) is 18.1. The van der Waals surface area contributed by atoms with Gasteiger partial charge >= 0.3 is 5.97 Å². The molecule has 2 aromatic heterocycles. The number of ether oxygens (including phenoxy) is 1. The Labute approximate surface area is 175 Å². The number of sulfonamides is 1. The normalized spacial score (nSPS) is 17.5. The van der Waals surface area contributed by atoms with E-state index in [9.17, 15) is 18.0 Å². The highest BCUT2D eigenvalue weighted by atomic mass is 32.2. The summed E-state index contributed by atoms with van der Waals surface area (Å²) in [4.78, 5) is 32.0. The monoisotopic (exact) mass is 434 g/mol. The Morgan fingerprint density at radius 3 is 2.73 bits per heavy atom. The molecule has 10 heteroatoms. The van der Waals surface area contributed by atoms with Gasteiger partial charge in [-0.2, -0.15) is 4.31 Å². The quantitative estimate of drug-likeness (QED) is 0.673. The van der Waals surface area contributed by atoms with Crippen molar-refractivity contribution in [1.29, 1.82) is 0 Å². The van der Waals surface area contributed by atoms with Crippen molar-refractivity contribution in [2.24, 2.45) is 5.92 Å². The molecule has 30 heavy (non-hydrogen) atoms. The first-order valence-corrected chi connectivity index (χ1v) is 11.3. The fourth-order valence-electron chi connectivity index (χ4n) is 3.70. The summed E-state index contributed by atoms with van der Waals surface area (Å²) >= 11 is 0. The molecule has 0 spiro atoms. The highest BCUT2D eigenvalue weighted by molar-refractivity contribution is 7.89. The third-order valence-electron chi connectivity index (χ3n) is 5.07. The van der Waals surface area contributed by atoms with E-state index < -0.39 is 21.9 Å². The van der Waals surface area contributed by atoms with Gasteiger partial charge < -0.3 is 15.0 Å². The zero-order chi connectivity index (χ0) is 21.9. The number of amides is 1. The molecule has 9 nitrogen and oxygen atoms in total. The number of aromatic nitrogens is 2. The van der Waals surface area contributed by atoms with Crippen LogP contribution in [0, 0.1) is 19.8 Å². The van der Waals surface area contributed by atoms with Crippen molar-refractivity contribution in [2.75, 3.05) is 25.0 Å². The lowest BCUT2D eigenvalue weighted by Gasteiger charge is -2.31. The molecule has 3 heterocycles. The Bertz CT molecular complexity index is 1030. The predicted octanol–water partition coefficient (Wildman–Crippen LogP) is 2.24. The van der Waals surface area contributed by atoms with Gasteiger partial charge in [-0.3, -0.25) is 4.79 Å². The molecule has 2 N–H and O–H groups in total. The van der Waals surface area contributed by atoms with Gasteiger partial charge in [0, 0.05) is 30.7 Å². The molecular formula is C20H26N4O5S. The molecule has 1 aliphatic rings. The van der Waals surface area contributed by atoms with Gasteiger partial charge in [0.1, 0.15) is 16.3 Å². The van der Waals surface area contributed by atoms with Crippen molar-refractivity contribution < 1.29 is 22.7 Å². The van der Waals surface area contributed by atoms with E-state index in [1.54, 1.807) is 45.2 Å². The van der Waals surface area contributed by atoms with Crippen LogP contribution in [-0.2, 0) is 19.6 Å². The fourth-order valence-corrected chi connectivity index (χ4v) is 5.63. The van der Waals surface area contributed by atoms with Gasteiger partial charge in [0.25, 0.3) is 0 Å². The van der Waals surface area contributed by atoms with Gasteiger partial charge in [0.05, 0.1) is 12.5 Å². The van der Waals surface area contributed by atoms with Crippen molar-refractivity contribution in [2.45, 2.75) is 38.5 Å². The van der Waals surface area contributed by atoms with Crippen molar-refractivity contribution >= 4 is 27.7 Å². The summed E-state index contributed by atoms with van der Waals surface area (Å²) < 4.78 is 33.2. The SMILES string of the molecule is CCOC(=O)c1c(C)[nH]c(C)c1S(=O)(=O)N1CCCC(C(=O)Nc2ccccn2)C1. The van der Waals surface area contributed by atoms with E-state index in [0.29, 0.717) is 30.0 Å². The van der Waals surface area contributed by atoms with Crippen molar-refractivity contribution in [3.63, 3.8) is 0 Å². The van der Waals surface area contributed by atoms with Crippen LogP contribution in [0.5, 0.6) is 0 Å². The molecule has 0 saturated carbocycles. The number of carbonyl (C=O) groups is 2. The van der Waals surface area contributed by atoms with Crippen LogP contribution in [0.2, 0.25) is 0 Å². The largest absolute Gasteiger partial charge is 0.462 e. The van der Waals surface area contributed by atoms with E-state index in [1.807, 2.05) is 0 Å². The second-order valence-electron chi connectivity index (χ2n) is 7.21. The van der Waals surface area contributed by atoms with Gasteiger partial charge in [-0.15, -0.1) is 0 Å². The van der Waals surface area contributed by atoms with Gasteiger partial charge in [0.15, 0.2) is 0 Å². The first-order chi connectivity index (χ1) is 14.3. The van der Waals surface area contributed by atoms with Gasteiger partial charge in [0.2, 0.25) is 15.9 Å². The lowest BCUT2D eigenvalue weighted by molar-refractivity contribution is -0.120. The lowest BCUT2D eigenvalue weighted by Crippen LogP contribution is -2.44. The number of piperidine rings is 1. The second kappa shape index (κ2) is 8.97. The zero-order valence-electron chi connectivity index (χ0n) is 17.3. The topological polar surface area (TPSA) is 121 Å². The minimum Gasteiger partial charge on any atom is -0.462 e. The third kappa shape index (κ3) is 4.39. The predicted molar refractivity (Wildman–Crippen MR) is 111 cm³/mol. The molecule has 2 aromatic rings. The summed E-state index contributed by atoms with van der Waals surface area (Å²) in [5.41, 5.74) is 0.830. The maximum Gasteiger partial charge on any atom is 0.341 e. The number of aryl methyl sites for hydroxylation is 2. The molecule has 0 radical (unpaired) electrons. The van der Waals surface area contributed by atoms with Crippen LogP contribution < -0.4 is 5.32 Å². The van der Waals surface area contributed by atoms with Crippen molar-refractivity contribution in [3.8, 4) is 0 Å². The molecule has 3 rings (SSSR count). The average molecular weight is 435 g/mol. The van der Waals surface area contributed by atoms with Crippen molar-refractivity contribution in [3.05, 3.63) is 41.3 Å². The summed E-state index contributed by atoms with van der Waals surface area (Å²) in [7, 11) is -4.00. The average Bonchev–Trinajstić information content (AvgIpc) is 3.03. The van der Waals surface area contributed by atoms with Gasteiger partial charge in [-0.1, -0.05) is 6.07 Å². The molecule has 1 unspecified atom stereocenters. The van der Waals surface area contributed by atoms with E-state index in [4.69, 9.17) is 4.74 Å². The number of hydrogen-bond acceptors (Lipinski definition) is 6. The molecule has 0 bridgehead atoms. The second-order valence-corrected chi connectivity index (χ2v) is 9.08. The number of nitrogens with one attached hydrogen (secondary N) is 2. The Morgan fingerprint density at radius 1 is 1.30 bits per heavy atom. The van der Waals surface area contributed by atoms with Gasteiger partial charge in [-0.05, 0) is 45.7 Å².